The Morgan fingerprint density at radius 3 is 1.42 bits per heavy atom. The molecule has 0 amide bonds. The third-order valence-corrected chi connectivity index (χ3v) is 5.81. The molecule has 0 bridgehead atoms. The monoisotopic (exact) mass is 490 g/mol. The van der Waals surface area contributed by atoms with Gasteiger partial charge in [-0.15, -0.1) is 0 Å². The number of carbonyl (C=O) groups excluding carboxylic acids is 1. The first kappa shape index (κ1) is 35.2. The average molecular weight is 491 g/mol. The number of aliphatic hydroxyl groups excluding tert-OH is 6. The molecule has 0 spiro atoms. The summed E-state index contributed by atoms with van der Waals surface area (Å²) in [6, 6.07) is 0. The van der Waals surface area contributed by atoms with E-state index >= 15 is 0 Å². The van der Waals surface area contributed by atoms with E-state index in [-0.39, 0.29) is 29.5 Å². The van der Waals surface area contributed by atoms with Crippen molar-refractivity contribution in [1.29, 1.82) is 0 Å². The van der Waals surface area contributed by atoms with Gasteiger partial charge in [-0.25, -0.2) is 0 Å². The molecule has 8 nitrogen and oxygen atoms in total. The lowest BCUT2D eigenvalue weighted by Gasteiger charge is -2.28. The minimum Gasteiger partial charge on any atom is -0.433 e. The Hall–Kier alpha value is -0.00377. The van der Waals surface area contributed by atoms with E-state index in [2.05, 4.69) is 11.7 Å². The van der Waals surface area contributed by atoms with Crippen molar-refractivity contribution in [2.24, 2.45) is 0 Å². The summed E-state index contributed by atoms with van der Waals surface area (Å²) < 4.78 is 4.67. The quantitative estimate of drug-likeness (QED) is 0.0580. The summed E-state index contributed by atoms with van der Waals surface area (Å²) in [6.07, 6.45) is 8.65. The first-order valence-corrected chi connectivity index (χ1v) is 12.6. The molecule has 0 aliphatic rings. The molecular weight excluding hydrogens is 441 g/mol. The topological polar surface area (TPSA) is 148 Å². The van der Waals surface area contributed by atoms with Gasteiger partial charge in [0, 0.05) is 6.42 Å². The molecule has 0 aromatic heterocycles. The highest BCUT2D eigenvalue weighted by atomic mass is 24.3. The smallest absolute Gasteiger partial charge is 0.316 e. The Bertz CT molecular complexity index is 441. The molecule has 6 N–H and O–H groups in total. The van der Waals surface area contributed by atoms with E-state index in [0.717, 1.165) is 19.3 Å². The molecule has 0 fully saturated rings. The normalized spacial score (nSPS) is 15.8. The lowest BCUT2D eigenvalue weighted by Crippen LogP contribution is -2.50. The summed E-state index contributed by atoms with van der Waals surface area (Å²) in [6.45, 7) is 1.41. The van der Waals surface area contributed by atoms with Crippen LogP contribution in [0.1, 0.15) is 110 Å². The molecular formula is C24H50MgO8. The van der Waals surface area contributed by atoms with E-state index in [4.69, 9.17) is 5.11 Å². The van der Waals surface area contributed by atoms with Crippen LogP contribution in [-0.2, 0) is 9.53 Å². The fourth-order valence-electron chi connectivity index (χ4n) is 3.61. The molecule has 0 aliphatic carbocycles. The van der Waals surface area contributed by atoms with E-state index in [0.29, 0.717) is 6.42 Å². The zero-order valence-corrected chi connectivity index (χ0v) is 19.9. The second-order valence-corrected chi connectivity index (χ2v) is 8.80. The summed E-state index contributed by atoms with van der Waals surface area (Å²) in [5.41, 5.74) is 0. The number of hydrogen-bond acceptors (Lipinski definition) is 8. The van der Waals surface area contributed by atoms with E-state index in [9.17, 15) is 30.3 Å². The van der Waals surface area contributed by atoms with Crippen molar-refractivity contribution >= 4 is 29.0 Å². The average Bonchev–Trinajstić information content (AvgIpc) is 2.79. The summed E-state index contributed by atoms with van der Waals surface area (Å²) in [5.74, 6) is -0.712. The molecule has 0 saturated carbocycles. The number of esters is 1. The van der Waals surface area contributed by atoms with Crippen molar-refractivity contribution in [3.63, 3.8) is 0 Å². The summed E-state index contributed by atoms with van der Waals surface area (Å²) in [4.78, 5) is 11.7. The van der Waals surface area contributed by atoms with Crippen LogP contribution in [0.15, 0.2) is 0 Å². The van der Waals surface area contributed by atoms with Gasteiger partial charge >= 0.3 is 29.0 Å². The van der Waals surface area contributed by atoms with Crippen molar-refractivity contribution in [1.82, 2.24) is 0 Å². The number of aliphatic hydroxyl groups is 6. The first-order valence-electron chi connectivity index (χ1n) is 12.6. The van der Waals surface area contributed by atoms with Gasteiger partial charge in [0.1, 0.15) is 24.4 Å². The molecule has 0 aliphatic heterocycles. The molecule has 0 aromatic carbocycles. The second-order valence-electron chi connectivity index (χ2n) is 8.80. The number of rotatable bonds is 22. The second kappa shape index (κ2) is 23.7. The highest BCUT2D eigenvalue weighted by molar-refractivity contribution is 5.75. The SMILES string of the molecule is CCCCCCCCCCCCCCCCCC(=O)OC(O)[C@H](O)[C@@H](O)[C@H](O)[C@H](O)CO.[MgH2]. The predicted molar refractivity (Wildman–Crippen MR) is 131 cm³/mol. The molecule has 5 atom stereocenters. The Morgan fingerprint density at radius 1 is 0.636 bits per heavy atom. The minimum absolute atomic E-state index is 0. The zero-order chi connectivity index (χ0) is 24.2. The molecule has 1 unspecified atom stereocenters. The lowest BCUT2D eigenvalue weighted by atomic mass is 10.0. The van der Waals surface area contributed by atoms with E-state index in [1.165, 1.54) is 70.6 Å². The van der Waals surface area contributed by atoms with E-state index in [1.54, 1.807) is 0 Å². The third-order valence-electron chi connectivity index (χ3n) is 5.81. The predicted octanol–water partition coefficient (Wildman–Crippen LogP) is 1.63. The number of carbonyl (C=O) groups is 1. The molecule has 0 rings (SSSR count). The van der Waals surface area contributed by atoms with Crippen molar-refractivity contribution in [2.75, 3.05) is 6.61 Å². The van der Waals surface area contributed by atoms with E-state index < -0.39 is 43.3 Å². The van der Waals surface area contributed by atoms with Crippen LogP contribution in [0.2, 0.25) is 0 Å². The Labute approximate surface area is 215 Å². The van der Waals surface area contributed by atoms with Crippen LogP contribution in [0.3, 0.4) is 0 Å². The molecule has 33 heavy (non-hydrogen) atoms. The third kappa shape index (κ3) is 18.9. The molecule has 0 radical (unpaired) electrons. The largest absolute Gasteiger partial charge is 0.433 e. The fourth-order valence-corrected chi connectivity index (χ4v) is 3.61. The first-order chi connectivity index (χ1) is 15.3. The van der Waals surface area contributed by atoms with Gasteiger partial charge in [-0.05, 0) is 6.42 Å². The van der Waals surface area contributed by atoms with Crippen LogP contribution in [0.5, 0.6) is 0 Å². The van der Waals surface area contributed by atoms with Crippen molar-refractivity contribution < 1.29 is 40.2 Å². The van der Waals surface area contributed by atoms with Crippen molar-refractivity contribution in [2.45, 2.75) is 140 Å². The van der Waals surface area contributed by atoms with Crippen LogP contribution >= 0.6 is 0 Å². The van der Waals surface area contributed by atoms with Crippen LogP contribution in [0.25, 0.3) is 0 Å². The van der Waals surface area contributed by atoms with Crippen LogP contribution in [0, 0.1) is 0 Å². The van der Waals surface area contributed by atoms with Gasteiger partial charge in [0.25, 0.3) is 0 Å². The Morgan fingerprint density at radius 2 is 1.03 bits per heavy atom. The minimum atomic E-state index is -2.03. The molecule has 9 heteroatoms. The van der Waals surface area contributed by atoms with Crippen molar-refractivity contribution in [3.8, 4) is 0 Å². The fraction of sp³-hybridized carbons (Fsp3) is 0.958. The maximum atomic E-state index is 11.7. The van der Waals surface area contributed by atoms with Crippen LogP contribution in [0.4, 0.5) is 0 Å². The maximum absolute atomic E-state index is 11.7. The highest BCUT2D eigenvalue weighted by Crippen LogP contribution is 2.15. The van der Waals surface area contributed by atoms with Crippen LogP contribution < -0.4 is 0 Å². The summed E-state index contributed by atoms with van der Waals surface area (Å²) >= 11 is 0. The van der Waals surface area contributed by atoms with Gasteiger partial charge in [-0.3, -0.25) is 4.79 Å². The van der Waals surface area contributed by atoms with Gasteiger partial charge in [0.15, 0.2) is 0 Å². The number of unbranched alkanes of at least 4 members (excludes halogenated alkanes) is 14. The highest BCUT2D eigenvalue weighted by Gasteiger charge is 2.35. The maximum Gasteiger partial charge on any atom is 0.316 e. The van der Waals surface area contributed by atoms with Gasteiger partial charge in [0.05, 0.1) is 6.61 Å². The van der Waals surface area contributed by atoms with Gasteiger partial charge in [-0.1, -0.05) is 96.8 Å². The summed E-state index contributed by atoms with van der Waals surface area (Å²) in [7, 11) is 0. The Kier molecular flexibility index (Phi) is 25.3. The van der Waals surface area contributed by atoms with Gasteiger partial charge in [0.2, 0.25) is 6.29 Å². The molecule has 0 aromatic rings. The van der Waals surface area contributed by atoms with Crippen molar-refractivity contribution in [3.05, 3.63) is 0 Å². The standard InChI is InChI=1S/C24H48O8.Mg.2H/c1-2-3-4-5-6-7-8-9-10-11-12-13-14-15-16-17-20(27)32-24(31)23(30)22(29)21(28)19(26)18-25;;;/h19,21-26,28-31H,2-18H2,1H3;;;/t19-,21-,22+,23-,24?;;;/m1.../s1. The molecule has 0 heterocycles. The summed E-state index contributed by atoms with van der Waals surface area (Å²) in [5, 5.41) is 56.6. The Balaban J connectivity index is 0. The van der Waals surface area contributed by atoms with E-state index in [1.807, 2.05) is 0 Å². The lowest BCUT2D eigenvalue weighted by molar-refractivity contribution is -0.213. The molecule has 0 saturated heterocycles. The van der Waals surface area contributed by atoms with Gasteiger partial charge in [-0.2, -0.15) is 0 Å². The van der Waals surface area contributed by atoms with Crippen LogP contribution in [-0.4, -0.2) is 97.0 Å². The molecule has 196 valence electrons. The number of ether oxygens (including phenoxy) is 1. The van der Waals surface area contributed by atoms with Gasteiger partial charge < -0.3 is 35.4 Å². The number of hydrogen-bond donors (Lipinski definition) is 6. The zero-order valence-electron chi connectivity index (χ0n) is 19.9.